The number of rotatable bonds is 3. The average Bonchev–Trinajstić information content (AvgIpc) is 3.11. The van der Waals surface area contributed by atoms with E-state index >= 15 is 0 Å². The van der Waals surface area contributed by atoms with Crippen LogP contribution in [-0.2, 0) is 6.18 Å². The largest absolute Gasteiger partial charge is 0.433 e. The number of fused-ring (bicyclic) bond motifs is 1. The molecule has 0 unspecified atom stereocenters. The molecular weight excluding hydrogens is 385 g/mol. The van der Waals surface area contributed by atoms with E-state index in [4.69, 9.17) is 5.73 Å². The zero-order valence-electron chi connectivity index (χ0n) is 14.7. The van der Waals surface area contributed by atoms with Crippen LogP contribution in [0.15, 0.2) is 55.0 Å². The van der Waals surface area contributed by atoms with Gasteiger partial charge in [-0.1, -0.05) is 6.07 Å². The summed E-state index contributed by atoms with van der Waals surface area (Å²) >= 11 is 0. The zero-order valence-corrected chi connectivity index (χ0v) is 14.7. The van der Waals surface area contributed by atoms with Gasteiger partial charge in [0.25, 0.3) is 5.91 Å². The number of anilines is 2. The van der Waals surface area contributed by atoms with Crippen molar-refractivity contribution in [3.05, 3.63) is 66.4 Å². The second-order valence-electron chi connectivity index (χ2n) is 6.22. The standard InChI is InChI=1S/C19H13F3N6O/c20-19(21,22)16-4-2-13(9-25-16)26-18(29)17-14-6-10(1-3-15(14)27-28-17)11-5-12(23)8-24-7-11/h1-9H,23H2,(H,26,29)(H,27,28). The maximum Gasteiger partial charge on any atom is 0.433 e. The molecule has 4 N–H and O–H groups in total. The molecule has 0 aliphatic carbocycles. The van der Waals surface area contributed by atoms with Crippen LogP contribution in [0.25, 0.3) is 22.0 Å². The molecule has 10 heteroatoms. The lowest BCUT2D eigenvalue weighted by atomic mass is 10.0. The number of aromatic nitrogens is 4. The van der Waals surface area contributed by atoms with Crippen LogP contribution in [0.5, 0.6) is 0 Å². The molecule has 3 aromatic heterocycles. The monoisotopic (exact) mass is 398 g/mol. The lowest BCUT2D eigenvalue weighted by Gasteiger charge is -2.07. The minimum Gasteiger partial charge on any atom is -0.397 e. The van der Waals surface area contributed by atoms with E-state index in [-0.39, 0.29) is 11.4 Å². The number of nitrogens with two attached hydrogens (primary N) is 1. The molecule has 0 aliphatic rings. The van der Waals surface area contributed by atoms with Crippen LogP contribution in [0.4, 0.5) is 24.5 Å². The van der Waals surface area contributed by atoms with Gasteiger partial charge >= 0.3 is 6.18 Å². The van der Waals surface area contributed by atoms with Crippen molar-refractivity contribution in [2.75, 3.05) is 11.1 Å². The highest BCUT2D eigenvalue weighted by atomic mass is 19.4. The van der Waals surface area contributed by atoms with Gasteiger partial charge in [-0.3, -0.25) is 14.9 Å². The Balaban J connectivity index is 1.63. The number of hydrogen-bond donors (Lipinski definition) is 3. The molecule has 0 saturated heterocycles. The van der Waals surface area contributed by atoms with Crippen LogP contribution in [0, 0.1) is 0 Å². The minimum atomic E-state index is -4.55. The molecule has 4 rings (SSSR count). The number of H-pyrrole nitrogens is 1. The van der Waals surface area contributed by atoms with E-state index in [9.17, 15) is 18.0 Å². The summed E-state index contributed by atoms with van der Waals surface area (Å²) in [5, 5.41) is 9.82. The molecule has 4 aromatic rings. The molecule has 0 radical (unpaired) electrons. The average molecular weight is 398 g/mol. The van der Waals surface area contributed by atoms with Crippen molar-refractivity contribution in [2.24, 2.45) is 0 Å². The minimum absolute atomic E-state index is 0.0959. The molecule has 0 aliphatic heterocycles. The molecule has 1 aromatic carbocycles. The van der Waals surface area contributed by atoms with Gasteiger partial charge in [-0.25, -0.2) is 4.98 Å². The summed E-state index contributed by atoms with van der Waals surface area (Å²) in [6.07, 6.45) is -0.436. The summed E-state index contributed by atoms with van der Waals surface area (Å²) in [5.74, 6) is -0.583. The smallest absolute Gasteiger partial charge is 0.397 e. The Morgan fingerprint density at radius 1 is 1.03 bits per heavy atom. The Bertz CT molecular complexity index is 1200. The third-order valence-electron chi connectivity index (χ3n) is 4.18. The normalized spacial score (nSPS) is 11.6. The van der Waals surface area contributed by atoms with Gasteiger partial charge in [0.15, 0.2) is 5.69 Å². The number of nitrogen functional groups attached to an aromatic ring is 1. The fraction of sp³-hybridized carbons (Fsp3) is 0.0526. The summed E-state index contributed by atoms with van der Waals surface area (Å²) in [6.45, 7) is 0. The number of alkyl halides is 3. The van der Waals surface area contributed by atoms with E-state index in [1.807, 2.05) is 6.07 Å². The number of hydrogen-bond acceptors (Lipinski definition) is 5. The van der Waals surface area contributed by atoms with Gasteiger partial charge in [0, 0.05) is 23.3 Å². The zero-order chi connectivity index (χ0) is 20.6. The van der Waals surface area contributed by atoms with Gasteiger partial charge < -0.3 is 11.1 Å². The van der Waals surface area contributed by atoms with Crippen molar-refractivity contribution in [1.29, 1.82) is 0 Å². The molecular formula is C19H13F3N6O. The lowest BCUT2D eigenvalue weighted by Crippen LogP contribution is -2.14. The molecule has 0 spiro atoms. The van der Waals surface area contributed by atoms with Crippen LogP contribution in [0.2, 0.25) is 0 Å². The molecule has 0 saturated carbocycles. The number of carbonyl (C=O) groups is 1. The van der Waals surface area contributed by atoms with E-state index in [0.29, 0.717) is 16.6 Å². The van der Waals surface area contributed by atoms with Crippen molar-refractivity contribution in [3.8, 4) is 11.1 Å². The van der Waals surface area contributed by atoms with Crippen LogP contribution in [0.1, 0.15) is 16.2 Å². The van der Waals surface area contributed by atoms with Gasteiger partial charge in [0.2, 0.25) is 0 Å². The summed E-state index contributed by atoms with van der Waals surface area (Å²) in [6, 6.07) is 9.03. The molecule has 1 amide bonds. The first kappa shape index (κ1) is 18.4. The second-order valence-corrected chi connectivity index (χ2v) is 6.22. The summed E-state index contributed by atoms with van der Waals surface area (Å²) in [7, 11) is 0. The number of pyridine rings is 2. The van der Waals surface area contributed by atoms with Gasteiger partial charge in [0.1, 0.15) is 5.69 Å². The van der Waals surface area contributed by atoms with E-state index in [1.54, 1.807) is 24.4 Å². The van der Waals surface area contributed by atoms with Crippen LogP contribution in [-0.4, -0.2) is 26.1 Å². The Kier molecular flexibility index (Phi) is 4.38. The first-order valence-corrected chi connectivity index (χ1v) is 8.35. The fourth-order valence-corrected chi connectivity index (χ4v) is 2.81. The van der Waals surface area contributed by atoms with Crippen molar-refractivity contribution in [3.63, 3.8) is 0 Å². The van der Waals surface area contributed by atoms with E-state index in [2.05, 4.69) is 25.5 Å². The maximum atomic E-state index is 12.6. The second kappa shape index (κ2) is 6.89. The van der Waals surface area contributed by atoms with E-state index < -0.39 is 17.8 Å². The van der Waals surface area contributed by atoms with Crippen molar-refractivity contribution in [1.82, 2.24) is 20.2 Å². The fourth-order valence-electron chi connectivity index (χ4n) is 2.81. The number of carbonyl (C=O) groups excluding carboxylic acids is 1. The van der Waals surface area contributed by atoms with Crippen molar-refractivity contribution in [2.45, 2.75) is 6.18 Å². The predicted octanol–water partition coefficient (Wildman–Crippen LogP) is 3.87. The number of nitrogens with one attached hydrogen (secondary N) is 2. The highest BCUT2D eigenvalue weighted by Crippen LogP contribution is 2.29. The quantitative estimate of drug-likeness (QED) is 0.485. The predicted molar refractivity (Wildman–Crippen MR) is 101 cm³/mol. The van der Waals surface area contributed by atoms with E-state index in [1.165, 1.54) is 6.20 Å². The van der Waals surface area contributed by atoms with Gasteiger partial charge in [-0.2, -0.15) is 18.3 Å². The third-order valence-corrected chi connectivity index (χ3v) is 4.18. The molecule has 7 nitrogen and oxygen atoms in total. The highest BCUT2D eigenvalue weighted by Gasteiger charge is 2.32. The lowest BCUT2D eigenvalue weighted by molar-refractivity contribution is -0.141. The molecule has 0 bridgehead atoms. The molecule has 3 heterocycles. The van der Waals surface area contributed by atoms with Crippen molar-refractivity contribution < 1.29 is 18.0 Å². The maximum absolute atomic E-state index is 12.6. The Morgan fingerprint density at radius 3 is 2.55 bits per heavy atom. The Morgan fingerprint density at radius 2 is 1.86 bits per heavy atom. The Labute approximate surface area is 161 Å². The third kappa shape index (κ3) is 3.72. The molecule has 146 valence electrons. The van der Waals surface area contributed by atoms with Gasteiger partial charge in [-0.15, -0.1) is 0 Å². The topological polar surface area (TPSA) is 110 Å². The van der Waals surface area contributed by atoms with Crippen molar-refractivity contribution >= 4 is 28.2 Å². The van der Waals surface area contributed by atoms with Gasteiger partial charge in [0.05, 0.1) is 23.1 Å². The number of aromatic amines is 1. The Hall–Kier alpha value is -3.95. The molecule has 0 atom stereocenters. The first-order chi connectivity index (χ1) is 13.8. The summed E-state index contributed by atoms with van der Waals surface area (Å²) in [5.41, 5.74) is 7.62. The SMILES string of the molecule is Nc1cncc(-c2ccc3[nH]nc(C(=O)Nc4ccc(C(F)(F)F)nc4)c3c2)c1. The highest BCUT2D eigenvalue weighted by molar-refractivity contribution is 6.11. The molecule has 0 fully saturated rings. The molecule has 29 heavy (non-hydrogen) atoms. The summed E-state index contributed by atoms with van der Waals surface area (Å²) in [4.78, 5) is 20.0. The summed E-state index contributed by atoms with van der Waals surface area (Å²) < 4.78 is 37.8. The van der Waals surface area contributed by atoms with Crippen LogP contribution >= 0.6 is 0 Å². The van der Waals surface area contributed by atoms with Crippen LogP contribution in [0.3, 0.4) is 0 Å². The van der Waals surface area contributed by atoms with Crippen LogP contribution < -0.4 is 11.1 Å². The van der Waals surface area contributed by atoms with E-state index in [0.717, 1.165) is 29.5 Å². The number of amides is 1. The first-order valence-electron chi connectivity index (χ1n) is 8.35. The number of nitrogens with zero attached hydrogens (tertiary/aromatic N) is 3. The number of halogens is 3. The number of benzene rings is 1. The van der Waals surface area contributed by atoms with Gasteiger partial charge in [-0.05, 0) is 35.9 Å².